The highest BCUT2D eigenvalue weighted by molar-refractivity contribution is 6.42. The highest BCUT2D eigenvalue weighted by atomic mass is 35.5. The predicted molar refractivity (Wildman–Crippen MR) is 45.8 cm³/mol. The van der Waals surface area contributed by atoms with E-state index in [1.54, 1.807) is 6.07 Å². The van der Waals surface area contributed by atoms with Crippen LogP contribution in [-0.4, -0.2) is 0 Å². The molecule has 1 aromatic rings. The molecule has 1 aromatic carbocycles. The van der Waals surface area contributed by atoms with E-state index < -0.39 is 0 Å². The molecule has 54 valence electrons. The average Bonchev–Trinajstić information content (AvgIpc) is 1.95. The Balaban J connectivity index is 3.14. The molecule has 0 aromatic heterocycles. The van der Waals surface area contributed by atoms with Gasteiger partial charge in [0.25, 0.3) is 0 Å². The molecule has 10 heavy (non-hydrogen) atoms. The van der Waals surface area contributed by atoms with Crippen molar-refractivity contribution in [3.05, 3.63) is 33.8 Å². The minimum absolute atomic E-state index is 0.640. The quantitative estimate of drug-likeness (QED) is 0.612. The first kappa shape index (κ1) is 7.90. The van der Waals surface area contributed by atoms with Gasteiger partial charge in [0.05, 0.1) is 10.0 Å². The summed E-state index contributed by atoms with van der Waals surface area (Å²) in [5.41, 5.74) is 1.11. The van der Waals surface area contributed by atoms with Crippen LogP contribution in [0.3, 0.4) is 0 Å². The Hall–Kier alpha value is -0.200. The minimum atomic E-state index is 0.640. The molecule has 2 heteroatoms. The van der Waals surface area contributed by atoms with Gasteiger partial charge in [-0.25, -0.2) is 0 Å². The monoisotopic (exact) mass is 174 g/mol. The Morgan fingerprint density at radius 1 is 1.30 bits per heavy atom. The smallest absolute Gasteiger partial charge is 0.0624 e. The van der Waals surface area contributed by atoms with Gasteiger partial charge in [-0.05, 0) is 18.1 Å². The fourth-order valence-electron chi connectivity index (χ4n) is 0.822. The number of benzene rings is 1. The topological polar surface area (TPSA) is 0 Å². The molecule has 0 bridgehead atoms. The van der Waals surface area contributed by atoms with Crippen molar-refractivity contribution in [2.45, 2.75) is 13.3 Å². The summed E-state index contributed by atoms with van der Waals surface area (Å²) in [6.45, 7) is 2.05. The normalized spacial score (nSPS) is 9.90. The number of aryl methyl sites for hydroxylation is 1. The van der Waals surface area contributed by atoms with Crippen molar-refractivity contribution in [3.63, 3.8) is 0 Å². The SMILES string of the molecule is CCc1cccc(Cl)c1Cl. The van der Waals surface area contributed by atoms with E-state index in [0.29, 0.717) is 10.0 Å². The third-order valence-electron chi connectivity index (χ3n) is 1.41. The first-order valence-electron chi connectivity index (χ1n) is 3.18. The lowest BCUT2D eigenvalue weighted by atomic mass is 10.2. The van der Waals surface area contributed by atoms with Gasteiger partial charge in [0.2, 0.25) is 0 Å². The molecular formula is C8H8Cl2. The predicted octanol–water partition coefficient (Wildman–Crippen LogP) is 3.56. The number of hydrogen-bond donors (Lipinski definition) is 0. The molecule has 0 aliphatic rings. The molecule has 0 saturated carbocycles. The van der Waals surface area contributed by atoms with Crippen LogP contribution in [-0.2, 0) is 6.42 Å². The van der Waals surface area contributed by atoms with Gasteiger partial charge >= 0.3 is 0 Å². The summed E-state index contributed by atoms with van der Waals surface area (Å²) in [6, 6.07) is 5.68. The molecule has 0 unspecified atom stereocenters. The Labute approximate surface area is 70.8 Å². The fourth-order valence-corrected chi connectivity index (χ4v) is 1.28. The maximum atomic E-state index is 5.86. The molecule has 0 aliphatic carbocycles. The van der Waals surface area contributed by atoms with Crippen LogP contribution in [0.2, 0.25) is 10.0 Å². The van der Waals surface area contributed by atoms with Crippen LogP contribution in [0, 0.1) is 0 Å². The lowest BCUT2D eigenvalue weighted by Crippen LogP contribution is -1.80. The van der Waals surface area contributed by atoms with Gasteiger partial charge in [-0.1, -0.05) is 42.3 Å². The van der Waals surface area contributed by atoms with Crippen molar-refractivity contribution in [1.29, 1.82) is 0 Å². The average molecular weight is 175 g/mol. The van der Waals surface area contributed by atoms with Crippen LogP contribution < -0.4 is 0 Å². The lowest BCUT2D eigenvalue weighted by molar-refractivity contribution is 1.14. The molecule has 0 nitrogen and oxygen atoms in total. The third kappa shape index (κ3) is 1.44. The standard InChI is InChI=1S/C8H8Cl2/c1-2-6-4-3-5-7(9)8(6)10/h3-5H,2H2,1H3. The molecule has 1 rings (SSSR count). The minimum Gasteiger partial charge on any atom is -0.0827 e. The van der Waals surface area contributed by atoms with Crippen molar-refractivity contribution in [2.75, 3.05) is 0 Å². The largest absolute Gasteiger partial charge is 0.0827 e. The summed E-state index contributed by atoms with van der Waals surface area (Å²) in [5, 5.41) is 1.33. The van der Waals surface area contributed by atoms with E-state index in [4.69, 9.17) is 23.2 Å². The summed E-state index contributed by atoms with van der Waals surface area (Å²) in [4.78, 5) is 0. The van der Waals surface area contributed by atoms with Crippen molar-refractivity contribution in [3.8, 4) is 0 Å². The molecule has 0 N–H and O–H groups in total. The summed E-state index contributed by atoms with van der Waals surface area (Å²) in [5.74, 6) is 0. The van der Waals surface area contributed by atoms with Crippen molar-refractivity contribution in [1.82, 2.24) is 0 Å². The highest BCUT2D eigenvalue weighted by Gasteiger charge is 1.99. The number of hydrogen-bond acceptors (Lipinski definition) is 0. The van der Waals surface area contributed by atoms with Crippen LogP contribution in [0.4, 0.5) is 0 Å². The number of halogens is 2. The van der Waals surface area contributed by atoms with Crippen LogP contribution in [0.25, 0.3) is 0 Å². The second kappa shape index (κ2) is 3.27. The summed E-state index contributed by atoms with van der Waals surface area (Å²) in [6.07, 6.45) is 0.930. The molecule has 0 atom stereocenters. The zero-order chi connectivity index (χ0) is 7.56. The van der Waals surface area contributed by atoms with Gasteiger partial charge in [-0.15, -0.1) is 0 Å². The zero-order valence-electron chi connectivity index (χ0n) is 5.70. The van der Waals surface area contributed by atoms with Gasteiger partial charge in [0.1, 0.15) is 0 Å². The molecule has 0 spiro atoms. The van der Waals surface area contributed by atoms with E-state index >= 15 is 0 Å². The summed E-state index contributed by atoms with van der Waals surface area (Å²) < 4.78 is 0. The number of rotatable bonds is 1. The van der Waals surface area contributed by atoms with Gasteiger partial charge in [0.15, 0.2) is 0 Å². The van der Waals surface area contributed by atoms with Crippen LogP contribution in [0.15, 0.2) is 18.2 Å². The second-order valence-corrected chi connectivity index (χ2v) is 2.85. The van der Waals surface area contributed by atoms with Gasteiger partial charge in [0, 0.05) is 0 Å². The molecule has 0 heterocycles. The Bertz CT molecular complexity index is 231. The molecule has 0 amide bonds. The molecule has 0 saturated heterocycles. The molecule has 0 radical (unpaired) electrons. The second-order valence-electron chi connectivity index (χ2n) is 2.07. The van der Waals surface area contributed by atoms with E-state index in [2.05, 4.69) is 6.92 Å². The van der Waals surface area contributed by atoms with Crippen molar-refractivity contribution < 1.29 is 0 Å². The van der Waals surface area contributed by atoms with E-state index in [1.807, 2.05) is 12.1 Å². The fraction of sp³-hybridized carbons (Fsp3) is 0.250. The van der Waals surface area contributed by atoms with Gasteiger partial charge < -0.3 is 0 Å². The van der Waals surface area contributed by atoms with E-state index in [1.165, 1.54) is 0 Å². The van der Waals surface area contributed by atoms with E-state index in [9.17, 15) is 0 Å². The van der Waals surface area contributed by atoms with E-state index in [-0.39, 0.29) is 0 Å². The molecular weight excluding hydrogens is 167 g/mol. The highest BCUT2D eigenvalue weighted by Crippen LogP contribution is 2.25. The maximum absolute atomic E-state index is 5.86. The van der Waals surface area contributed by atoms with Crippen molar-refractivity contribution in [2.24, 2.45) is 0 Å². The first-order chi connectivity index (χ1) is 4.75. The van der Waals surface area contributed by atoms with Crippen LogP contribution in [0.1, 0.15) is 12.5 Å². The van der Waals surface area contributed by atoms with Crippen LogP contribution >= 0.6 is 23.2 Å². The Morgan fingerprint density at radius 2 is 2.00 bits per heavy atom. The van der Waals surface area contributed by atoms with Gasteiger partial charge in [-0.3, -0.25) is 0 Å². The Kier molecular flexibility index (Phi) is 2.58. The summed E-state index contributed by atoms with van der Waals surface area (Å²) in [7, 11) is 0. The Morgan fingerprint density at radius 3 is 2.50 bits per heavy atom. The van der Waals surface area contributed by atoms with E-state index in [0.717, 1.165) is 12.0 Å². The first-order valence-corrected chi connectivity index (χ1v) is 3.94. The maximum Gasteiger partial charge on any atom is 0.0624 e. The zero-order valence-corrected chi connectivity index (χ0v) is 7.21. The summed E-state index contributed by atoms with van der Waals surface area (Å²) >= 11 is 11.6. The molecule has 0 fully saturated rings. The third-order valence-corrected chi connectivity index (χ3v) is 2.27. The molecule has 0 aliphatic heterocycles. The van der Waals surface area contributed by atoms with Crippen LogP contribution in [0.5, 0.6) is 0 Å². The lowest BCUT2D eigenvalue weighted by Gasteiger charge is -2.00. The van der Waals surface area contributed by atoms with Crippen molar-refractivity contribution >= 4 is 23.2 Å². The van der Waals surface area contributed by atoms with Gasteiger partial charge in [-0.2, -0.15) is 0 Å².